The van der Waals surface area contributed by atoms with Crippen molar-refractivity contribution in [3.8, 4) is 0 Å². The fourth-order valence-electron chi connectivity index (χ4n) is 2.83. The third-order valence-electron chi connectivity index (χ3n) is 3.82. The van der Waals surface area contributed by atoms with Gasteiger partial charge < -0.3 is 15.0 Å². The number of likely N-dealkylation sites (N-methyl/N-ethyl adjacent to an activating group) is 1. The zero-order valence-electron chi connectivity index (χ0n) is 11.2. The standard InChI is InChI=1S/C13H27N3O/c1-2-14-13-4-7-16(12-13)6-3-5-15-8-10-17-11-9-15/h13-14H,2-12H2,1H3. The molecular formula is C13H27N3O. The van der Waals surface area contributed by atoms with Crippen LogP contribution in [0.5, 0.6) is 0 Å². The Balaban J connectivity index is 1.53. The van der Waals surface area contributed by atoms with Gasteiger partial charge >= 0.3 is 0 Å². The lowest BCUT2D eigenvalue weighted by atomic mass is 10.3. The average Bonchev–Trinajstić information content (AvgIpc) is 2.79. The van der Waals surface area contributed by atoms with E-state index in [1.54, 1.807) is 0 Å². The second-order valence-corrected chi connectivity index (χ2v) is 5.15. The topological polar surface area (TPSA) is 27.7 Å². The van der Waals surface area contributed by atoms with Crippen molar-refractivity contribution in [3.05, 3.63) is 0 Å². The van der Waals surface area contributed by atoms with Crippen LogP contribution in [-0.2, 0) is 4.74 Å². The molecule has 100 valence electrons. The molecule has 0 spiro atoms. The molecule has 1 atom stereocenters. The molecule has 2 rings (SSSR count). The Morgan fingerprint density at radius 1 is 1.12 bits per heavy atom. The van der Waals surface area contributed by atoms with E-state index in [4.69, 9.17) is 4.74 Å². The van der Waals surface area contributed by atoms with Crippen molar-refractivity contribution in [2.45, 2.75) is 25.8 Å². The number of rotatable bonds is 6. The second-order valence-electron chi connectivity index (χ2n) is 5.15. The SMILES string of the molecule is CCNC1CCN(CCCN2CCOCC2)C1. The number of likely N-dealkylation sites (tertiary alicyclic amines) is 1. The highest BCUT2D eigenvalue weighted by Gasteiger charge is 2.21. The number of nitrogens with zero attached hydrogens (tertiary/aromatic N) is 2. The highest BCUT2D eigenvalue weighted by Crippen LogP contribution is 2.09. The summed E-state index contributed by atoms with van der Waals surface area (Å²) in [4.78, 5) is 5.13. The molecule has 2 heterocycles. The Bertz CT molecular complexity index is 207. The molecular weight excluding hydrogens is 214 g/mol. The van der Waals surface area contributed by atoms with Crippen molar-refractivity contribution in [3.63, 3.8) is 0 Å². The zero-order valence-corrected chi connectivity index (χ0v) is 11.2. The molecule has 2 aliphatic heterocycles. The Morgan fingerprint density at radius 3 is 2.65 bits per heavy atom. The van der Waals surface area contributed by atoms with E-state index in [0.717, 1.165) is 38.9 Å². The molecule has 2 fully saturated rings. The Morgan fingerprint density at radius 2 is 1.88 bits per heavy atom. The van der Waals surface area contributed by atoms with Crippen LogP contribution in [0.25, 0.3) is 0 Å². The molecule has 1 unspecified atom stereocenters. The smallest absolute Gasteiger partial charge is 0.0594 e. The Kier molecular flexibility index (Phi) is 5.71. The lowest BCUT2D eigenvalue weighted by Crippen LogP contribution is -2.38. The quantitative estimate of drug-likeness (QED) is 0.728. The van der Waals surface area contributed by atoms with Gasteiger partial charge in [-0.05, 0) is 39.0 Å². The van der Waals surface area contributed by atoms with Gasteiger partial charge in [0.2, 0.25) is 0 Å². The summed E-state index contributed by atoms with van der Waals surface area (Å²) in [6.07, 6.45) is 2.63. The first-order valence-corrected chi connectivity index (χ1v) is 7.14. The van der Waals surface area contributed by atoms with Crippen molar-refractivity contribution in [1.82, 2.24) is 15.1 Å². The number of morpholine rings is 1. The average molecular weight is 241 g/mol. The zero-order chi connectivity index (χ0) is 11.9. The van der Waals surface area contributed by atoms with E-state index >= 15 is 0 Å². The number of nitrogens with one attached hydrogen (secondary N) is 1. The molecule has 2 aliphatic rings. The van der Waals surface area contributed by atoms with Gasteiger partial charge in [-0.1, -0.05) is 6.92 Å². The predicted molar refractivity (Wildman–Crippen MR) is 70.4 cm³/mol. The van der Waals surface area contributed by atoms with Gasteiger partial charge in [0.25, 0.3) is 0 Å². The van der Waals surface area contributed by atoms with E-state index in [2.05, 4.69) is 22.0 Å². The minimum absolute atomic E-state index is 0.739. The number of ether oxygens (including phenoxy) is 1. The molecule has 2 saturated heterocycles. The molecule has 4 heteroatoms. The first kappa shape index (κ1) is 13.3. The number of hydrogen-bond acceptors (Lipinski definition) is 4. The van der Waals surface area contributed by atoms with Crippen LogP contribution in [0.15, 0.2) is 0 Å². The molecule has 0 aromatic heterocycles. The molecule has 0 saturated carbocycles. The largest absolute Gasteiger partial charge is 0.379 e. The van der Waals surface area contributed by atoms with E-state index in [1.807, 2.05) is 0 Å². The Labute approximate surface area is 105 Å². The first-order chi connectivity index (χ1) is 8.38. The van der Waals surface area contributed by atoms with E-state index in [1.165, 1.54) is 39.0 Å². The molecule has 17 heavy (non-hydrogen) atoms. The van der Waals surface area contributed by atoms with Crippen LogP contribution >= 0.6 is 0 Å². The molecule has 1 N–H and O–H groups in total. The fourth-order valence-corrected chi connectivity index (χ4v) is 2.83. The normalized spacial score (nSPS) is 27.7. The highest BCUT2D eigenvalue weighted by molar-refractivity contribution is 4.80. The lowest BCUT2D eigenvalue weighted by molar-refractivity contribution is 0.0364. The minimum Gasteiger partial charge on any atom is -0.379 e. The van der Waals surface area contributed by atoms with Crippen LogP contribution in [0.4, 0.5) is 0 Å². The van der Waals surface area contributed by atoms with Crippen molar-refractivity contribution >= 4 is 0 Å². The van der Waals surface area contributed by atoms with Crippen LogP contribution in [0.1, 0.15) is 19.8 Å². The van der Waals surface area contributed by atoms with Gasteiger partial charge in [-0.3, -0.25) is 4.90 Å². The minimum atomic E-state index is 0.739. The maximum absolute atomic E-state index is 5.36. The molecule has 0 radical (unpaired) electrons. The lowest BCUT2D eigenvalue weighted by Gasteiger charge is -2.27. The first-order valence-electron chi connectivity index (χ1n) is 7.14. The van der Waals surface area contributed by atoms with Gasteiger partial charge in [-0.2, -0.15) is 0 Å². The van der Waals surface area contributed by atoms with Gasteiger partial charge in [-0.15, -0.1) is 0 Å². The molecule has 0 bridgehead atoms. The predicted octanol–water partition coefficient (Wildman–Crippen LogP) is 0.393. The summed E-state index contributed by atoms with van der Waals surface area (Å²) in [6, 6.07) is 0.739. The molecule has 0 aromatic carbocycles. The van der Waals surface area contributed by atoms with Crippen LogP contribution in [0.2, 0.25) is 0 Å². The number of hydrogen-bond donors (Lipinski definition) is 1. The van der Waals surface area contributed by atoms with Crippen LogP contribution in [-0.4, -0.2) is 74.9 Å². The van der Waals surface area contributed by atoms with E-state index in [9.17, 15) is 0 Å². The van der Waals surface area contributed by atoms with Crippen molar-refractivity contribution in [2.75, 3.05) is 59.0 Å². The van der Waals surface area contributed by atoms with Gasteiger partial charge in [0, 0.05) is 25.7 Å². The molecule has 0 amide bonds. The maximum atomic E-state index is 5.36. The van der Waals surface area contributed by atoms with Crippen molar-refractivity contribution in [1.29, 1.82) is 0 Å². The van der Waals surface area contributed by atoms with Crippen LogP contribution < -0.4 is 5.32 Å². The molecule has 0 aromatic rings. The van der Waals surface area contributed by atoms with Crippen LogP contribution in [0.3, 0.4) is 0 Å². The summed E-state index contributed by atoms with van der Waals surface area (Å²) in [5, 5.41) is 3.55. The molecule has 4 nitrogen and oxygen atoms in total. The van der Waals surface area contributed by atoms with Crippen LogP contribution in [0, 0.1) is 0 Å². The maximum Gasteiger partial charge on any atom is 0.0594 e. The van der Waals surface area contributed by atoms with E-state index in [-0.39, 0.29) is 0 Å². The third kappa shape index (κ3) is 4.54. The summed E-state index contributed by atoms with van der Waals surface area (Å²) in [7, 11) is 0. The summed E-state index contributed by atoms with van der Waals surface area (Å²) >= 11 is 0. The van der Waals surface area contributed by atoms with Gasteiger partial charge in [0.05, 0.1) is 13.2 Å². The second kappa shape index (κ2) is 7.31. The van der Waals surface area contributed by atoms with E-state index in [0.29, 0.717) is 0 Å². The summed E-state index contributed by atoms with van der Waals surface area (Å²) in [5.74, 6) is 0. The molecule has 0 aliphatic carbocycles. The van der Waals surface area contributed by atoms with Gasteiger partial charge in [0.15, 0.2) is 0 Å². The fraction of sp³-hybridized carbons (Fsp3) is 1.00. The summed E-state index contributed by atoms with van der Waals surface area (Å²) in [5.41, 5.74) is 0. The summed E-state index contributed by atoms with van der Waals surface area (Å²) in [6.45, 7) is 12.4. The highest BCUT2D eigenvalue weighted by atomic mass is 16.5. The monoisotopic (exact) mass is 241 g/mol. The summed E-state index contributed by atoms with van der Waals surface area (Å²) < 4.78 is 5.36. The van der Waals surface area contributed by atoms with Crippen molar-refractivity contribution < 1.29 is 4.74 Å². The van der Waals surface area contributed by atoms with E-state index < -0.39 is 0 Å². The van der Waals surface area contributed by atoms with Gasteiger partial charge in [-0.25, -0.2) is 0 Å². The van der Waals surface area contributed by atoms with Gasteiger partial charge in [0.1, 0.15) is 0 Å². The third-order valence-corrected chi connectivity index (χ3v) is 3.82. The Hall–Kier alpha value is -0.160. The van der Waals surface area contributed by atoms with Crippen molar-refractivity contribution in [2.24, 2.45) is 0 Å².